The minimum Gasteiger partial charge on any atom is -0.481 e. The van der Waals surface area contributed by atoms with Gasteiger partial charge in [0.15, 0.2) is 0 Å². The number of halogens is 1. The molecule has 4 fully saturated rings. The number of ether oxygens (including phenoxy) is 2. The number of rotatable bonds is 10. The van der Waals surface area contributed by atoms with Crippen molar-refractivity contribution in [1.29, 1.82) is 0 Å². The van der Waals surface area contributed by atoms with Crippen LogP contribution < -0.4 is 16.2 Å². The molecule has 3 aliphatic heterocycles. The number of carboxylic acids is 1. The minimum absolute atomic E-state index is 0.0137. The number of thioether (sulfide) groups is 1. The molecule has 3 saturated heterocycles. The number of alkyl halides is 1. The molecule has 0 radical (unpaired) electrons. The number of piperidine rings is 2. The number of aryl methyl sites for hydroxylation is 2. The van der Waals surface area contributed by atoms with Crippen molar-refractivity contribution in [2.24, 2.45) is 23.7 Å². The predicted molar refractivity (Wildman–Crippen MR) is 182 cm³/mol. The van der Waals surface area contributed by atoms with Gasteiger partial charge in [-0.3, -0.25) is 19.5 Å². The summed E-state index contributed by atoms with van der Waals surface area (Å²) in [6.45, 7) is 7.05. The standard InChI is InChI=1S/C34H54ClN5O5S/c1-19-13-25(32-31(37-19)27(18-46-32)34(42)43)24-15-22(35)5-8-29(24)45-12-11-40-20(2)38-28-7-6-23(16-26(28)33(40)41)39(3)17-21-9-10-36-30(14-21)44-4/h19,21-25,27,29-32,36-37H,5-18H2,1-4H3,(H,42,43)/t19?,21?,22?,23-,24?,25?,27?,29?,30?,31?,32?/m1/s1. The number of fused-ring (bicyclic) bond motifs is 2. The van der Waals surface area contributed by atoms with Crippen molar-refractivity contribution in [1.82, 2.24) is 25.1 Å². The molecule has 0 spiro atoms. The quantitative estimate of drug-likeness (QED) is 0.318. The Hall–Kier alpha value is -1.21. The molecule has 6 rings (SSSR count). The Morgan fingerprint density at radius 2 is 2.02 bits per heavy atom. The molecule has 1 aromatic rings. The van der Waals surface area contributed by atoms with Gasteiger partial charge in [-0.2, -0.15) is 11.8 Å². The molecule has 0 aromatic carbocycles. The lowest BCUT2D eigenvalue weighted by Crippen LogP contribution is -2.57. The highest BCUT2D eigenvalue weighted by Gasteiger charge is 2.51. The first-order valence-electron chi connectivity index (χ1n) is 17.5. The van der Waals surface area contributed by atoms with E-state index in [1.807, 2.05) is 23.3 Å². The van der Waals surface area contributed by atoms with Gasteiger partial charge in [-0.15, -0.1) is 11.6 Å². The van der Waals surface area contributed by atoms with Crippen LogP contribution in [0, 0.1) is 30.6 Å². The van der Waals surface area contributed by atoms with E-state index in [9.17, 15) is 14.7 Å². The molecule has 4 heterocycles. The highest BCUT2D eigenvalue weighted by atomic mass is 35.5. The van der Waals surface area contributed by atoms with Crippen LogP contribution in [0.1, 0.15) is 69.0 Å². The van der Waals surface area contributed by atoms with Crippen LogP contribution >= 0.6 is 23.4 Å². The Labute approximate surface area is 283 Å². The molecular weight excluding hydrogens is 626 g/mol. The van der Waals surface area contributed by atoms with Crippen molar-refractivity contribution in [2.75, 3.05) is 39.6 Å². The van der Waals surface area contributed by atoms with Crippen LogP contribution in [0.5, 0.6) is 0 Å². The number of carbonyl (C=O) groups is 1. The van der Waals surface area contributed by atoms with E-state index in [0.29, 0.717) is 36.8 Å². The van der Waals surface area contributed by atoms with Crippen LogP contribution in [-0.2, 0) is 33.7 Å². The van der Waals surface area contributed by atoms with E-state index in [1.54, 1.807) is 7.11 Å². The summed E-state index contributed by atoms with van der Waals surface area (Å²) in [6, 6.07) is 0.582. The molecule has 10 unspecified atom stereocenters. The Morgan fingerprint density at radius 1 is 1.20 bits per heavy atom. The molecule has 10 nitrogen and oxygen atoms in total. The summed E-state index contributed by atoms with van der Waals surface area (Å²) in [6.07, 6.45) is 8.66. The molecular formula is C34H54ClN5O5S. The van der Waals surface area contributed by atoms with Gasteiger partial charge in [0.1, 0.15) is 12.1 Å². The maximum atomic E-state index is 13.9. The summed E-state index contributed by atoms with van der Waals surface area (Å²) in [5.74, 6) is 1.58. The number of aliphatic carboxylic acids is 1. The monoisotopic (exact) mass is 679 g/mol. The average Bonchev–Trinajstić information content (AvgIpc) is 3.47. The van der Waals surface area contributed by atoms with Crippen molar-refractivity contribution in [3.05, 3.63) is 27.4 Å². The lowest BCUT2D eigenvalue weighted by molar-refractivity contribution is -0.142. The van der Waals surface area contributed by atoms with Crippen LogP contribution in [0.15, 0.2) is 4.79 Å². The number of methoxy groups -OCH3 is 1. The molecule has 46 heavy (non-hydrogen) atoms. The van der Waals surface area contributed by atoms with Crippen molar-refractivity contribution in [2.45, 2.75) is 119 Å². The van der Waals surface area contributed by atoms with Crippen LogP contribution in [0.3, 0.4) is 0 Å². The smallest absolute Gasteiger partial charge is 0.308 e. The topological polar surface area (TPSA) is 118 Å². The number of hydrogen-bond donors (Lipinski definition) is 3. The van der Waals surface area contributed by atoms with E-state index in [4.69, 9.17) is 26.1 Å². The van der Waals surface area contributed by atoms with E-state index < -0.39 is 5.97 Å². The van der Waals surface area contributed by atoms with Crippen LogP contribution in [-0.4, -0.2) is 106 Å². The molecule has 1 saturated carbocycles. The predicted octanol–water partition coefficient (Wildman–Crippen LogP) is 3.29. The maximum absolute atomic E-state index is 13.9. The third-order valence-corrected chi connectivity index (χ3v) is 13.7. The summed E-state index contributed by atoms with van der Waals surface area (Å²) < 4.78 is 14.0. The highest BCUT2D eigenvalue weighted by molar-refractivity contribution is 8.00. The van der Waals surface area contributed by atoms with E-state index in [2.05, 4.69) is 29.5 Å². The second kappa shape index (κ2) is 15.1. The summed E-state index contributed by atoms with van der Waals surface area (Å²) >= 11 is 8.57. The normalized spacial score (nSPS) is 38.0. The zero-order chi connectivity index (χ0) is 32.5. The van der Waals surface area contributed by atoms with Gasteiger partial charge in [-0.25, -0.2) is 4.98 Å². The summed E-state index contributed by atoms with van der Waals surface area (Å²) in [5.41, 5.74) is 1.92. The molecule has 1 aromatic heterocycles. The molecule has 3 N–H and O–H groups in total. The summed E-state index contributed by atoms with van der Waals surface area (Å²) in [5, 5.41) is 17.3. The van der Waals surface area contributed by atoms with Crippen molar-refractivity contribution in [3.8, 4) is 0 Å². The van der Waals surface area contributed by atoms with Gasteiger partial charge in [-0.1, -0.05) is 0 Å². The number of nitrogens with zero attached hydrogens (tertiary/aromatic N) is 3. The molecule has 11 atom stereocenters. The molecule has 258 valence electrons. The Bertz CT molecular complexity index is 1290. The van der Waals surface area contributed by atoms with Crippen LogP contribution in [0.4, 0.5) is 0 Å². The van der Waals surface area contributed by atoms with E-state index >= 15 is 0 Å². The van der Waals surface area contributed by atoms with Crippen molar-refractivity contribution in [3.63, 3.8) is 0 Å². The van der Waals surface area contributed by atoms with Gasteiger partial charge in [0.05, 0.1) is 30.9 Å². The molecule has 0 amide bonds. The second-order valence-electron chi connectivity index (χ2n) is 14.7. The lowest BCUT2D eigenvalue weighted by atomic mass is 9.70. The van der Waals surface area contributed by atoms with Crippen molar-refractivity contribution >= 4 is 29.3 Å². The number of aromatic nitrogens is 2. The SMILES string of the molecule is COC1CC(CN(C)[C@@H]2CCc3nc(C)n(CCOC4CCC(Cl)CC4C4CC(C)NC5C(C(=O)O)CSC45)c(=O)c3C2)CCN1. The van der Waals surface area contributed by atoms with Gasteiger partial charge >= 0.3 is 5.97 Å². The number of likely N-dealkylation sites (N-methyl/N-ethyl adjacent to an activating group) is 1. The third-order valence-electron chi connectivity index (χ3n) is 11.7. The fraction of sp³-hybridized carbons (Fsp3) is 0.853. The minimum atomic E-state index is -0.702. The first kappa shape index (κ1) is 34.6. The fourth-order valence-corrected chi connectivity index (χ4v) is 11.4. The van der Waals surface area contributed by atoms with E-state index in [0.717, 1.165) is 88.0 Å². The second-order valence-corrected chi connectivity index (χ2v) is 16.5. The van der Waals surface area contributed by atoms with Gasteiger partial charge in [0, 0.05) is 53.7 Å². The van der Waals surface area contributed by atoms with E-state index in [-0.39, 0.29) is 52.4 Å². The van der Waals surface area contributed by atoms with E-state index in [1.165, 1.54) is 0 Å². The first-order valence-corrected chi connectivity index (χ1v) is 19.0. The van der Waals surface area contributed by atoms with Gasteiger partial charge in [-0.05, 0) is 103 Å². The third kappa shape index (κ3) is 7.50. The molecule has 2 aliphatic carbocycles. The number of hydrogen-bond acceptors (Lipinski definition) is 9. The van der Waals surface area contributed by atoms with Crippen LogP contribution in [0.25, 0.3) is 0 Å². The number of nitrogens with one attached hydrogen (secondary N) is 2. The largest absolute Gasteiger partial charge is 0.481 e. The van der Waals surface area contributed by atoms with Gasteiger partial charge in [0.25, 0.3) is 5.56 Å². The van der Waals surface area contributed by atoms with Crippen molar-refractivity contribution < 1.29 is 19.4 Å². The molecule has 0 bridgehead atoms. The Morgan fingerprint density at radius 3 is 2.80 bits per heavy atom. The Balaban J connectivity index is 1.10. The van der Waals surface area contributed by atoms with Gasteiger partial charge < -0.3 is 24.8 Å². The zero-order valence-corrected chi connectivity index (χ0v) is 29.5. The van der Waals surface area contributed by atoms with Crippen LogP contribution in [0.2, 0.25) is 0 Å². The Kier molecular flexibility index (Phi) is 11.4. The maximum Gasteiger partial charge on any atom is 0.308 e. The average molecular weight is 680 g/mol. The summed E-state index contributed by atoms with van der Waals surface area (Å²) in [4.78, 5) is 33.3. The molecule has 5 aliphatic rings. The number of carboxylic acid groups (broad SMARTS) is 1. The molecule has 12 heteroatoms. The lowest BCUT2D eigenvalue weighted by Gasteiger charge is -2.47. The highest BCUT2D eigenvalue weighted by Crippen LogP contribution is 2.48. The zero-order valence-electron chi connectivity index (χ0n) is 28.0. The fourth-order valence-electron chi connectivity index (χ4n) is 9.21. The first-order chi connectivity index (χ1) is 22.1. The summed E-state index contributed by atoms with van der Waals surface area (Å²) in [7, 11) is 3.97. The van der Waals surface area contributed by atoms with Gasteiger partial charge in [0.2, 0.25) is 0 Å².